The number of nitrogens with one attached hydrogen (secondary N) is 2. The molecule has 0 unspecified atom stereocenters. The van der Waals surface area contributed by atoms with Gasteiger partial charge in [0.2, 0.25) is 10.0 Å². The molecule has 5 nitrogen and oxygen atoms in total. The molecular weight excluding hydrogens is 240 g/mol. The van der Waals surface area contributed by atoms with Crippen LogP contribution in [0.25, 0.3) is 0 Å². The van der Waals surface area contributed by atoms with E-state index in [1.165, 1.54) is 0 Å². The van der Waals surface area contributed by atoms with Crippen LogP contribution in [-0.4, -0.2) is 33.9 Å². The SMILES string of the molecule is Cc1cc(NC2COC2)ccc1NS(C)(=O)=O. The van der Waals surface area contributed by atoms with Crippen LogP contribution in [0.15, 0.2) is 18.2 Å². The third-order valence-electron chi connectivity index (χ3n) is 2.53. The molecule has 94 valence electrons. The Balaban J connectivity index is 2.10. The van der Waals surface area contributed by atoms with E-state index in [0.717, 1.165) is 30.7 Å². The Bertz CT molecular complexity index is 509. The number of rotatable bonds is 4. The second-order valence-electron chi connectivity index (χ2n) is 4.28. The van der Waals surface area contributed by atoms with Gasteiger partial charge in [-0.1, -0.05) is 0 Å². The average molecular weight is 256 g/mol. The minimum absolute atomic E-state index is 0.364. The summed E-state index contributed by atoms with van der Waals surface area (Å²) in [6.07, 6.45) is 1.14. The number of ether oxygens (including phenoxy) is 1. The predicted molar refractivity (Wildman–Crippen MR) is 67.9 cm³/mol. The van der Waals surface area contributed by atoms with Gasteiger partial charge in [0.05, 0.1) is 31.2 Å². The van der Waals surface area contributed by atoms with Crippen LogP contribution in [0.1, 0.15) is 5.56 Å². The van der Waals surface area contributed by atoms with E-state index >= 15 is 0 Å². The third-order valence-corrected chi connectivity index (χ3v) is 3.12. The van der Waals surface area contributed by atoms with Gasteiger partial charge in [-0.15, -0.1) is 0 Å². The molecule has 0 spiro atoms. The minimum atomic E-state index is -3.22. The van der Waals surface area contributed by atoms with Gasteiger partial charge in [0.1, 0.15) is 0 Å². The first kappa shape index (κ1) is 12.2. The molecule has 1 aromatic carbocycles. The lowest BCUT2D eigenvalue weighted by molar-refractivity contribution is 0.0211. The molecule has 0 saturated carbocycles. The normalized spacial score (nSPS) is 16.4. The zero-order valence-corrected chi connectivity index (χ0v) is 10.7. The zero-order chi connectivity index (χ0) is 12.5. The highest BCUT2D eigenvalue weighted by Crippen LogP contribution is 2.21. The highest BCUT2D eigenvalue weighted by Gasteiger charge is 2.17. The maximum Gasteiger partial charge on any atom is 0.229 e. The van der Waals surface area contributed by atoms with Gasteiger partial charge in [0.25, 0.3) is 0 Å². The molecular formula is C11H16N2O3S. The summed E-state index contributed by atoms with van der Waals surface area (Å²) < 4.78 is 29.8. The standard InChI is InChI=1S/C11H16N2O3S/c1-8-5-9(12-10-6-16-7-10)3-4-11(8)13-17(2,14)15/h3-5,10,12-13H,6-7H2,1-2H3. The summed E-state index contributed by atoms with van der Waals surface area (Å²) in [5, 5.41) is 3.31. The van der Waals surface area contributed by atoms with Crippen LogP contribution in [-0.2, 0) is 14.8 Å². The Hall–Kier alpha value is -1.27. The van der Waals surface area contributed by atoms with E-state index < -0.39 is 10.0 Å². The highest BCUT2D eigenvalue weighted by molar-refractivity contribution is 7.92. The second kappa shape index (κ2) is 4.54. The third kappa shape index (κ3) is 3.34. The van der Waals surface area contributed by atoms with Gasteiger partial charge < -0.3 is 10.1 Å². The molecule has 0 atom stereocenters. The summed E-state index contributed by atoms with van der Waals surface area (Å²) in [7, 11) is -3.22. The molecule has 1 aliphatic heterocycles. The number of aryl methyl sites for hydroxylation is 1. The van der Waals surface area contributed by atoms with Crippen LogP contribution in [0.4, 0.5) is 11.4 Å². The van der Waals surface area contributed by atoms with Crippen molar-refractivity contribution in [3.05, 3.63) is 23.8 Å². The van der Waals surface area contributed by atoms with Crippen molar-refractivity contribution < 1.29 is 13.2 Å². The van der Waals surface area contributed by atoms with Crippen molar-refractivity contribution in [2.45, 2.75) is 13.0 Å². The first-order chi connectivity index (χ1) is 7.94. The number of hydrogen-bond acceptors (Lipinski definition) is 4. The topological polar surface area (TPSA) is 67.4 Å². The van der Waals surface area contributed by atoms with Gasteiger partial charge in [-0.05, 0) is 30.7 Å². The quantitative estimate of drug-likeness (QED) is 0.849. The fraction of sp³-hybridized carbons (Fsp3) is 0.455. The summed E-state index contributed by atoms with van der Waals surface area (Å²) in [5.41, 5.74) is 2.48. The minimum Gasteiger partial charge on any atom is -0.378 e. The molecule has 0 bridgehead atoms. The highest BCUT2D eigenvalue weighted by atomic mass is 32.2. The van der Waals surface area contributed by atoms with E-state index in [-0.39, 0.29) is 0 Å². The number of sulfonamides is 1. The van der Waals surface area contributed by atoms with Crippen LogP contribution < -0.4 is 10.0 Å². The van der Waals surface area contributed by atoms with Gasteiger partial charge in [-0.2, -0.15) is 0 Å². The molecule has 1 saturated heterocycles. The van der Waals surface area contributed by atoms with Crippen molar-refractivity contribution in [1.82, 2.24) is 0 Å². The zero-order valence-electron chi connectivity index (χ0n) is 9.86. The fourth-order valence-corrected chi connectivity index (χ4v) is 2.25. The van der Waals surface area contributed by atoms with E-state index in [9.17, 15) is 8.42 Å². The monoisotopic (exact) mass is 256 g/mol. The largest absolute Gasteiger partial charge is 0.378 e. The maximum atomic E-state index is 11.1. The molecule has 0 aromatic heterocycles. The van der Waals surface area contributed by atoms with E-state index in [4.69, 9.17) is 4.74 Å². The lowest BCUT2D eigenvalue weighted by atomic mass is 10.1. The summed E-state index contributed by atoms with van der Waals surface area (Å²) in [4.78, 5) is 0. The summed E-state index contributed by atoms with van der Waals surface area (Å²) in [6, 6.07) is 5.91. The summed E-state index contributed by atoms with van der Waals surface area (Å²) in [6.45, 7) is 3.32. The van der Waals surface area contributed by atoms with Gasteiger partial charge in [-0.3, -0.25) is 4.72 Å². The molecule has 0 amide bonds. The molecule has 2 rings (SSSR count). The lowest BCUT2D eigenvalue weighted by Gasteiger charge is -2.28. The van der Waals surface area contributed by atoms with Crippen LogP contribution >= 0.6 is 0 Å². The predicted octanol–water partition coefficient (Wildman–Crippen LogP) is 1.18. The number of benzene rings is 1. The molecule has 17 heavy (non-hydrogen) atoms. The van der Waals surface area contributed by atoms with Crippen molar-refractivity contribution in [2.24, 2.45) is 0 Å². The molecule has 6 heteroatoms. The van der Waals surface area contributed by atoms with Crippen LogP contribution in [0.3, 0.4) is 0 Å². The Morgan fingerprint density at radius 1 is 1.35 bits per heavy atom. The van der Waals surface area contributed by atoms with E-state index in [2.05, 4.69) is 10.0 Å². The van der Waals surface area contributed by atoms with Crippen molar-refractivity contribution in [2.75, 3.05) is 29.5 Å². The summed E-state index contributed by atoms with van der Waals surface area (Å²) >= 11 is 0. The van der Waals surface area contributed by atoms with E-state index in [1.54, 1.807) is 6.07 Å². The van der Waals surface area contributed by atoms with Crippen molar-refractivity contribution in [1.29, 1.82) is 0 Å². The number of hydrogen-bond donors (Lipinski definition) is 2. The van der Waals surface area contributed by atoms with Gasteiger partial charge >= 0.3 is 0 Å². The molecule has 2 N–H and O–H groups in total. The van der Waals surface area contributed by atoms with Crippen LogP contribution in [0, 0.1) is 6.92 Å². The molecule has 1 aliphatic rings. The molecule has 0 radical (unpaired) electrons. The van der Waals surface area contributed by atoms with E-state index in [1.807, 2.05) is 19.1 Å². The Kier molecular flexibility index (Phi) is 3.26. The van der Waals surface area contributed by atoms with Gasteiger partial charge in [-0.25, -0.2) is 8.42 Å². The second-order valence-corrected chi connectivity index (χ2v) is 6.03. The fourth-order valence-electron chi connectivity index (χ4n) is 1.62. The van der Waals surface area contributed by atoms with Crippen molar-refractivity contribution >= 4 is 21.4 Å². The molecule has 1 aromatic rings. The first-order valence-corrected chi connectivity index (χ1v) is 7.26. The van der Waals surface area contributed by atoms with Crippen molar-refractivity contribution in [3.8, 4) is 0 Å². The smallest absolute Gasteiger partial charge is 0.229 e. The Morgan fingerprint density at radius 3 is 2.53 bits per heavy atom. The molecule has 0 aliphatic carbocycles. The summed E-state index contributed by atoms with van der Waals surface area (Å²) in [5.74, 6) is 0. The van der Waals surface area contributed by atoms with Gasteiger partial charge in [0.15, 0.2) is 0 Å². The van der Waals surface area contributed by atoms with E-state index in [0.29, 0.717) is 11.7 Å². The van der Waals surface area contributed by atoms with Gasteiger partial charge in [0, 0.05) is 5.69 Å². The molecule has 1 heterocycles. The number of anilines is 2. The Morgan fingerprint density at radius 2 is 2.06 bits per heavy atom. The molecule has 1 fully saturated rings. The average Bonchev–Trinajstić information content (AvgIpc) is 2.14. The maximum absolute atomic E-state index is 11.1. The Labute approximate surface area is 101 Å². The van der Waals surface area contributed by atoms with Crippen LogP contribution in [0.2, 0.25) is 0 Å². The first-order valence-electron chi connectivity index (χ1n) is 5.37. The van der Waals surface area contributed by atoms with Crippen LogP contribution in [0.5, 0.6) is 0 Å². The van der Waals surface area contributed by atoms with Crippen molar-refractivity contribution in [3.63, 3.8) is 0 Å². The lowest BCUT2D eigenvalue weighted by Crippen LogP contribution is -2.40.